The van der Waals surface area contributed by atoms with Crippen LogP contribution in [0, 0.1) is 0 Å². The Bertz CT molecular complexity index is 459. The molecule has 0 radical (unpaired) electrons. The summed E-state index contributed by atoms with van der Waals surface area (Å²) < 4.78 is 5.27. The number of aliphatic imine (C=N–C) groups is 1. The van der Waals surface area contributed by atoms with Gasteiger partial charge in [0.2, 0.25) is 0 Å². The molecular weight excluding hydrogens is 242 g/mol. The maximum atomic E-state index is 11.9. The van der Waals surface area contributed by atoms with Crippen molar-refractivity contribution in [3.8, 4) is 0 Å². The van der Waals surface area contributed by atoms with Gasteiger partial charge in [-0.15, -0.1) is 0 Å². The first kappa shape index (κ1) is 13.4. The van der Waals surface area contributed by atoms with Gasteiger partial charge in [-0.25, -0.2) is 4.79 Å². The van der Waals surface area contributed by atoms with E-state index in [1.54, 1.807) is 11.9 Å². The second kappa shape index (κ2) is 6.22. The summed E-state index contributed by atoms with van der Waals surface area (Å²) in [6.07, 6.45) is -0.340. The van der Waals surface area contributed by atoms with Crippen LogP contribution in [0.4, 0.5) is 4.79 Å². The van der Waals surface area contributed by atoms with Crippen LogP contribution >= 0.6 is 0 Å². The van der Waals surface area contributed by atoms with Gasteiger partial charge in [0.15, 0.2) is 0 Å². The summed E-state index contributed by atoms with van der Waals surface area (Å²) in [5.74, 6) is 0.846. The number of benzene rings is 1. The van der Waals surface area contributed by atoms with Crippen molar-refractivity contribution < 1.29 is 9.53 Å². The number of nitrogens with zero attached hydrogens (tertiary/aromatic N) is 2. The minimum Gasteiger partial charge on any atom is -0.445 e. The summed E-state index contributed by atoms with van der Waals surface area (Å²) in [5, 5.41) is 3.17. The zero-order valence-corrected chi connectivity index (χ0v) is 11.3. The molecule has 1 aliphatic rings. The lowest BCUT2D eigenvalue weighted by molar-refractivity contribution is 0.101. The van der Waals surface area contributed by atoms with Crippen LogP contribution in [0.25, 0.3) is 0 Å². The molecule has 0 saturated carbocycles. The number of carbonyl (C=O) groups is 1. The topological polar surface area (TPSA) is 53.9 Å². The molecule has 19 heavy (non-hydrogen) atoms. The van der Waals surface area contributed by atoms with E-state index in [-0.39, 0.29) is 18.7 Å². The molecule has 0 saturated heterocycles. The van der Waals surface area contributed by atoms with Crippen molar-refractivity contribution >= 4 is 11.9 Å². The molecule has 0 unspecified atom stereocenters. The average Bonchev–Trinajstić information content (AvgIpc) is 2.98. The van der Waals surface area contributed by atoms with Gasteiger partial charge in [0.05, 0.1) is 12.6 Å². The van der Waals surface area contributed by atoms with Crippen LogP contribution in [-0.2, 0) is 11.3 Å². The van der Waals surface area contributed by atoms with Gasteiger partial charge >= 0.3 is 6.09 Å². The zero-order chi connectivity index (χ0) is 13.7. The smallest absolute Gasteiger partial charge is 0.410 e. The molecule has 5 nitrogen and oxygen atoms in total. The number of hydrogen-bond donors (Lipinski definition) is 1. The van der Waals surface area contributed by atoms with E-state index in [1.807, 2.05) is 37.3 Å². The number of nitrogens with one attached hydrogen (secondary N) is 1. The number of amidine groups is 1. The summed E-state index contributed by atoms with van der Waals surface area (Å²) in [5.41, 5.74) is 0.980. The van der Waals surface area contributed by atoms with Gasteiger partial charge in [0, 0.05) is 13.6 Å². The van der Waals surface area contributed by atoms with Gasteiger partial charge < -0.3 is 15.0 Å². The Morgan fingerprint density at radius 1 is 1.47 bits per heavy atom. The first-order chi connectivity index (χ1) is 9.18. The van der Waals surface area contributed by atoms with E-state index in [2.05, 4.69) is 10.3 Å². The molecule has 0 aliphatic carbocycles. The minimum atomic E-state index is -0.340. The highest BCUT2D eigenvalue weighted by atomic mass is 16.6. The predicted octanol–water partition coefficient (Wildman–Crippen LogP) is 1.65. The lowest BCUT2D eigenvalue weighted by Gasteiger charge is -2.24. The fraction of sp³-hybridized carbons (Fsp3) is 0.429. The van der Waals surface area contributed by atoms with E-state index in [4.69, 9.17) is 4.74 Å². The summed E-state index contributed by atoms with van der Waals surface area (Å²) in [4.78, 5) is 17.8. The van der Waals surface area contributed by atoms with Crippen molar-refractivity contribution in [1.82, 2.24) is 10.2 Å². The summed E-state index contributed by atoms with van der Waals surface area (Å²) in [7, 11) is 1.72. The van der Waals surface area contributed by atoms with Crippen LogP contribution in [-0.4, -0.2) is 43.0 Å². The normalized spacial score (nSPS) is 15.4. The average molecular weight is 261 g/mol. The summed E-state index contributed by atoms with van der Waals surface area (Å²) in [6.45, 7) is 3.83. The van der Waals surface area contributed by atoms with Crippen LogP contribution in [0.1, 0.15) is 12.5 Å². The van der Waals surface area contributed by atoms with Crippen LogP contribution in [0.2, 0.25) is 0 Å². The molecule has 1 N–H and O–H groups in total. The van der Waals surface area contributed by atoms with Crippen LogP contribution in [0.15, 0.2) is 35.3 Å². The van der Waals surface area contributed by atoms with Gasteiger partial charge in [0.25, 0.3) is 0 Å². The Morgan fingerprint density at radius 3 is 2.84 bits per heavy atom. The van der Waals surface area contributed by atoms with E-state index < -0.39 is 0 Å². The SMILES string of the molecule is C[C@H](C1=NCCN1)N(C)C(=O)OCc1ccccc1. The van der Waals surface area contributed by atoms with Crippen molar-refractivity contribution in [2.75, 3.05) is 20.1 Å². The van der Waals surface area contributed by atoms with Gasteiger partial charge in [-0.1, -0.05) is 30.3 Å². The van der Waals surface area contributed by atoms with Crippen molar-refractivity contribution in [3.63, 3.8) is 0 Å². The minimum absolute atomic E-state index is 0.0919. The molecule has 5 heteroatoms. The molecule has 1 aromatic rings. The molecule has 1 amide bonds. The second-order valence-electron chi connectivity index (χ2n) is 4.52. The third-order valence-corrected chi connectivity index (χ3v) is 3.17. The van der Waals surface area contributed by atoms with Crippen molar-refractivity contribution in [2.24, 2.45) is 4.99 Å². The number of amides is 1. The highest BCUT2D eigenvalue weighted by molar-refractivity contribution is 5.90. The number of ether oxygens (including phenoxy) is 1. The third-order valence-electron chi connectivity index (χ3n) is 3.17. The molecule has 0 spiro atoms. The third kappa shape index (κ3) is 3.47. The van der Waals surface area contributed by atoms with Crippen molar-refractivity contribution in [2.45, 2.75) is 19.6 Å². The van der Waals surface area contributed by atoms with E-state index in [0.717, 1.165) is 24.5 Å². The molecule has 1 heterocycles. The number of carbonyl (C=O) groups excluding carboxylic acids is 1. The molecule has 0 fully saturated rings. The Balaban J connectivity index is 1.85. The fourth-order valence-corrected chi connectivity index (χ4v) is 1.86. The van der Waals surface area contributed by atoms with Crippen LogP contribution in [0.3, 0.4) is 0 Å². The van der Waals surface area contributed by atoms with Crippen LogP contribution < -0.4 is 5.32 Å². The fourth-order valence-electron chi connectivity index (χ4n) is 1.86. The summed E-state index contributed by atoms with van der Waals surface area (Å²) >= 11 is 0. The Labute approximate surface area is 113 Å². The predicted molar refractivity (Wildman–Crippen MR) is 74.2 cm³/mol. The van der Waals surface area contributed by atoms with Crippen molar-refractivity contribution in [3.05, 3.63) is 35.9 Å². The standard InChI is InChI=1S/C14H19N3O2/c1-11(13-15-8-9-16-13)17(2)14(18)19-10-12-6-4-3-5-7-12/h3-7,11H,8-10H2,1-2H3,(H,15,16)/t11-/m1/s1. The largest absolute Gasteiger partial charge is 0.445 e. The lowest BCUT2D eigenvalue weighted by atomic mass is 10.2. The van der Waals surface area contributed by atoms with E-state index in [1.165, 1.54) is 0 Å². The maximum absolute atomic E-state index is 11.9. The Morgan fingerprint density at radius 2 is 2.21 bits per heavy atom. The Hall–Kier alpha value is -2.04. The number of hydrogen-bond acceptors (Lipinski definition) is 4. The van der Waals surface area contributed by atoms with Gasteiger partial charge in [0.1, 0.15) is 12.4 Å². The molecule has 0 bridgehead atoms. The number of rotatable bonds is 4. The van der Waals surface area contributed by atoms with E-state index in [9.17, 15) is 4.79 Å². The molecular formula is C14H19N3O2. The Kier molecular flexibility index (Phi) is 4.39. The highest BCUT2D eigenvalue weighted by Gasteiger charge is 2.23. The quantitative estimate of drug-likeness (QED) is 0.896. The van der Waals surface area contributed by atoms with E-state index in [0.29, 0.717) is 0 Å². The molecule has 102 valence electrons. The second-order valence-corrected chi connectivity index (χ2v) is 4.52. The monoisotopic (exact) mass is 261 g/mol. The molecule has 0 aromatic heterocycles. The maximum Gasteiger partial charge on any atom is 0.410 e. The van der Waals surface area contributed by atoms with Crippen molar-refractivity contribution in [1.29, 1.82) is 0 Å². The van der Waals surface area contributed by atoms with Gasteiger partial charge in [-0.2, -0.15) is 0 Å². The molecule has 2 rings (SSSR count). The highest BCUT2D eigenvalue weighted by Crippen LogP contribution is 2.06. The zero-order valence-electron chi connectivity index (χ0n) is 11.3. The lowest BCUT2D eigenvalue weighted by Crippen LogP contribution is -2.44. The van der Waals surface area contributed by atoms with Crippen LogP contribution in [0.5, 0.6) is 0 Å². The molecule has 1 aromatic carbocycles. The molecule has 1 aliphatic heterocycles. The molecule has 1 atom stereocenters. The first-order valence-electron chi connectivity index (χ1n) is 6.40. The summed E-state index contributed by atoms with van der Waals surface area (Å²) in [6, 6.07) is 9.55. The van der Waals surface area contributed by atoms with Gasteiger partial charge in [-0.05, 0) is 12.5 Å². The number of likely N-dealkylation sites (N-methyl/N-ethyl adjacent to an activating group) is 1. The van der Waals surface area contributed by atoms with E-state index >= 15 is 0 Å². The first-order valence-corrected chi connectivity index (χ1v) is 6.40. The van der Waals surface area contributed by atoms with Gasteiger partial charge in [-0.3, -0.25) is 4.99 Å².